The van der Waals surface area contributed by atoms with E-state index in [9.17, 15) is 0 Å². The van der Waals surface area contributed by atoms with Crippen molar-refractivity contribution in [2.24, 2.45) is 16.5 Å². The summed E-state index contributed by atoms with van der Waals surface area (Å²) in [7, 11) is 0. The van der Waals surface area contributed by atoms with Crippen LogP contribution >= 0.6 is 11.3 Å². The summed E-state index contributed by atoms with van der Waals surface area (Å²) >= 11 is 1.48. The van der Waals surface area contributed by atoms with Crippen LogP contribution in [0.15, 0.2) is 41.4 Å². The van der Waals surface area contributed by atoms with Crippen molar-refractivity contribution < 1.29 is 0 Å². The molecule has 0 fully saturated rings. The van der Waals surface area contributed by atoms with Gasteiger partial charge in [-0.1, -0.05) is 41.7 Å². The summed E-state index contributed by atoms with van der Waals surface area (Å²) in [5.41, 5.74) is 11.7. The highest BCUT2D eigenvalue weighted by Gasteiger charge is 2.06. The van der Waals surface area contributed by atoms with E-state index in [0.717, 1.165) is 15.6 Å². The summed E-state index contributed by atoms with van der Waals surface area (Å²) in [6, 6.07) is 12.3. The third kappa shape index (κ3) is 1.70. The molecule has 1 aromatic heterocycles. The molecule has 0 atom stereocenters. The topological polar surface area (TPSA) is 77.3 Å². The minimum absolute atomic E-state index is 0.0355. The molecule has 0 bridgehead atoms. The van der Waals surface area contributed by atoms with Crippen LogP contribution in [0, 0.1) is 0 Å². The van der Waals surface area contributed by atoms with Gasteiger partial charge < -0.3 is 11.5 Å². The van der Waals surface area contributed by atoms with Crippen LogP contribution in [0.5, 0.6) is 0 Å². The van der Waals surface area contributed by atoms with Gasteiger partial charge in [0.05, 0.1) is 10.2 Å². The number of aliphatic imine (C=N–C) groups is 1. The predicted molar refractivity (Wildman–Crippen MR) is 72.6 cm³/mol. The van der Waals surface area contributed by atoms with Crippen LogP contribution < -0.4 is 11.5 Å². The van der Waals surface area contributed by atoms with Crippen LogP contribution in [-0.2, 0) is 0 Å². The van der Waals surface area contributed by atoms with Crippen LogP contribution in [0.25, 0.3) is 21.0 Å². The van der Waals surface area contributed by atoms with E-state index in [0.29, 0.717) is 5.13 Å². The molecule has 0 saturated carbocycles. The summed E-state index contributed by atoms with van der Waals surface area (Å²) in [6.45, 7) is 0. The van der Waals surface area contributed by atoms with E-state index in [4.69, 9.17) is 11.5 Å². The molecule has 0 spiro atoms. The SMILES string of the molecule is NC(N)=Nc1nc2c(ccc3ccccc32)s1. The molecule has 0 aliphatic rings. The molecule has 0 saturated heterocycles. The molecule has 0 aliphatic heterocycles. The zero-order valence-corrected chi connectivity index (χ0v) is 9.74. The Morgan fingerprint density at radius 3 is 2.76 bits per heavy atom. The first kappa shape index (κ1) is 10.0. The summed E-state index contributed by atoms with van der Waals surface area (Å²) < 4.78 is 1.09. The number of hydrogen-bond donors (Lipinski definition) is 2. The number of thiazole rings is 1. The zero-order valence-electron chi connectivity index (χ0n) is 8.92. The fourth-order valence-corrected chi connectivity index (χ4v) is 2.68. The van der Waals surface area contributed by atoms with Crippen molar-refractivity contribution in [2.75, 3.05) is 0 Å². The summed E-state index contributed by atoms with van der Waals surface area (Å²) in [4.78, 5) is 8.44. The first-order valence-corrected chi connectivity index (χ1v) is 5.93. The van der Waals surface area contributed by atoms with Gasteiger partial charge in [0.2, 0.25) is 5.13 Å². The highest BCUT2D eigenvalue weighted by atomic mass is 32.1. The number of aromatic nitrogens is 1. The van der Waals surface area contributed by atoms with E-state index in [2.05, 4.69) is 28.2 Å². The molecule has 84 valence electrons. The molecule has 17 heavy (non-hydrogen) atoms. The molecule has 4 nitrogen and oxygen atoms in total. The van der Waals surface area contributed by atoms with Gasteiger partial charge in [0.25, 0.3) is 0 Å². The third-order valence-electron chi connectivity index (χ3n) is 2.50. The Hall–Kier alpha value is -2.14. The average molecular weight is 242 g/mol. The Balaban J connectivity index is 2.35. The van der Waals surface area contributed by atoms with Gasteiger partial charge in [0.15, 0.2) is 5.96 Å². The molecule has 3 aromatic rings. The van der Waals surface area contributed by atoms with Gasteiger partial charge in [-0.3, -0.25) is 0 Å². The van der Waals surface area contributed by atoms with Gasteiger partial charge in [0.1, 0.15) is 0 Å². The zero-order chi connectivity index (χ0) is 11.8. The van der Waals surface area contributed by atoms with E-state index in [-0.39, 0.29) is 5.96 Å². The number of guanidine groups is 1. The van der Waals surface area contributed by atoms with E-state index in [1.54, 1.807) is 0 Å². The maximum absolute atomic E-state index is 5.35. The Bertz CT molecular complexity index is 726. The molecule has 4 N–H and O–H groups in total. The monoisotopic (exact) mass is 242 g/mol. The van der Waals surface area contributed by atoms with Crippen molar-refractivity contribution in [1.82, 2.24) is 4.98 Å². The Morgan fingerprint density at radius 2 is 1.94 bits per heavy atom. The van der Waals surface area contributed by atoms with Crippen LogP contribution in [0.1, 0.15) is 0 Å². The van der Waals surface area contributed by atoms with Gasteiger partial charge in [-0.15, -0.1) is 0 Å². The van der Waals surface area contributed by atoms with Crippen molar-refractivity contribution in [3.8, 4) is 0 Å². The fourth-order valence-electron chi connectivity index (χ4n) is 1.81. The molecular weight excluding hydrogens is 232 g/mol. The van der Waals surface area contributed by atoms with E-state index in [1.807, 2.05) is 18.2 Å². The first-order valence-electron chi connectivity index (χ1n) is 5.12. The standard InChI is InChI=1S/C12H10N4S/c13-11(14)16-12-15-10-8-4-2-1-3-7(8)5-6-9(10)17-12/h1-6H,(H4,13,14,15,16). The lowest BCUT2D eigenvalue weighted by atomic mass is 10.1. The molecule has 0 amide bonds. The van der Waals surface area contributed by atoms with E-state index in [1.165, 1.54) is 16.7 Å². The quantitative estimate of drug-likeness (QED) is 0.508. The smallest absolute Gasteiger partial charge is 0.213 e. The first-order chi connectivity index (χ1) is 8.24. The molecule has 1 heterocycles. The molecule has 5 heteroatoms. The minimum Gasteiger partial charge on any atom is -0.370 e. The van der Waals surface area contributed by atoms with Crippen molar-refractivity contribution in [1.29, 1.82) is 0 Å². The maximum atomic E-state index is 5.35. The van der Waals surface area contributed by atoms with Crippen molar-refractivity contribution >= 4 is 43.4 Å². The van der Waals surface area contributed by atoms with Crippen LogP contribution in [-0.4, -0.2) is 10.9 Å². The van der Waals surface area contributed by atoms with Crippen LogP contribution in [0.4, 0.5) is 5.13 Å². The average Bonchev–Trinajstić information content (AvgIpc) is 2.70. The second kappa shape index (κ2) is 3.71. The normalized spacial score (nSPS) is 10.8. The number of hydrogen-bond acceptors (Lipinski definition) is 3. The molecule has 0 unspecified atom stereocenters. The van der Waals surface area contributed by atoms with Crippen LogP contribution in [0.2, 0.25) is 0 Å². The van der Waals surface area contributed by atoms with Gasteiger partial charge in [-0.05, 0) is 11.5 Å². The fraction of sp³-hybridized carbons (Fsp3) is 0. The lowest BCUT2D eigenvalue weighted by Crippen LogP contribution is -2.21. The van der Waals surface area contributed by atoms with Crippen molar-refractivity contribution in [3.63, 3.8) is 0 Å². The second-order valence-corrected chi connectivity index (χ2v) is 4.68. The lowest BCUT2D eigenvalue weighted by Gasteiger charge is -1.96. The lowest BCUT2D eigenvalue weighted by molar-refractivity contribution is 1.37. The van der Waals surface area contributed by atoms with Gasteiger partial charge in [0, 0.05) is 5.39 Å². The number of benzene rings is 2. The number of nitrogens with two attached hydrogens (primary N) is 2. The summed E-state index contributed by atoms with van der Waals surface area (Å²) in [6.07, 6.45) is 0. The van der Waals surface area contributed by atoms with E-state index < -0.39 is 0 Å². The molecule has 0 aliphatic carbocycles. The second-order valence-electron chi connectivity index (χ2n) is 3.67. The van der Waals surface area contributed by atoms with Crippen molar-refractivity contribution in [3.05, 3.63) is 36.4 Å². The molecule has 0 radical (unpaired) electrons. The van der Waals surface area contributed by atoms with Gasteiger partial charge in [-0.25, -0.2) is 4.98 Å². The predicted octanol–water partition coefficient (Wildman–Crippen LogP) is 2.35. The number of fused-ring (bicyclic) bond motifs is 3. The highest BCUT2D eigenvalue weighted by molar-refractivity contribution is 7.22. The van der Waals surface area contributed by atoms with E-state index >= 15 is 0 Å². The van der Waals surface area contributed by atoms with Gasteiger partial charge >= 0.3 is 0 Å². The Kier molecular flexibility index (Phi) is 2.19. The summed E-state index contributed by atoms with van der Waals surface area (Å²) in [5.74, 6) is 0.0355. The molecular formula is C12H10N4S. The van der Waals surface area contributed by atoms with Gasteiger partial charge in [-0.2, -0.15) is 4.99 Å². The largest absolute Gasteiger partial charge is 0.370 e. The maximum Gasteiger partial charge on any atom is 0.213 e. The third-order valence-corrected chi connectivity index (χ3v) is 3.41. The minimum atomic E-state index is 0.0355. The van der Waals surface area contributed by atoms with Crippen molar-refractivity contribution in [2.45, 2.75) is 0 Å². The molecule has 3 rings (SSSR count). The number of rotatable bonds is 1. The number of nitrogens with zero attached hydrogens (tertiary/aromatic N) is 2. The highest BCUT2D eigenvalue weighted by Crippen LogP contribution is 2.32. The Morgan fingerprint density at radius 1 is 1.12 bits per heavy atom. The van der Waals surface area contributed by atoms with Crippen LogP contribution in [0.3, 0.4) is 0 Å². The Labute approximate surface area is 102 Å². The molecule has 2 aromatic carbocycles. The summed E-state index contributed by atoms with van der Waals surface area (Å²) in [5, 5.41) is 2.89.